The molecule has 2 N–H and O–H groups in total. The zero-order valence-electron chi connectivity index (χ0n) is 15.0. The molecule has 0 radical (unpaired) electrons. The molecule has 1 unspecified atom stereocenters. The Morgan fingerprint density at radius 1 is 1.19 bits per heavy atom. The van der Waals surface area contributed by atoms with Gasteiger partial charge >= 0.3 is 6.03 Å². The molecule has 138 valence electrons. The Morgan fingerprint density at radius 2 is 1.92 bits per heavy atom. The van der Waals surface area contributed by atoms with Crippen LogP contribution in [0.1, 0.15) is 18.9 Å². The molecule has 2 aromatic rings. The van der Waals surface area contributed by atoms with Gasteiger partial charge in [-0.15, -0.1) is 0 Å². The number of benzene rings is 2. The van der Waals surface area contributed by atoms with Crippen LogP contribution in [0.3, 0.4) is 0 Å². The standard InChI is InChI=1S/C20H24FN3O2/c1-2-26-19-10-8-18(9-11-19)22-20(25)24-13-3-12-23(15-24)14-16-4-6-17(21)7-5-16/h4-11H,2-3,12-15H2,1H3,(H,22,25)/p+1. The zero-order valence-corrected chi connectivity index (χ0v) is 15.0. The molecular weight excluding hydrogens is 333 g/mol. The number of rotatable bonds is 5. The summed E-state index contributed by atoms with van der Waals surface area (Å²) in [4.78, 5) is 15.7. The average Bonchev–Trinajstić information content (AvgIpc) is 2.66. The number of carbonyl (C=O) groups is 1. The first-order valence-electron chi connectivity index (χ1n) is 9.01. The fourth-order valence-corrected chi connectivity index (χ4v) is 3.16. The van der Waals surface area contributed by atoms with Crippen molar-refractivity contribution in [3.63, 3.8) is 0 Å². The predicted molar refractivity (Wildman–Crippen MR) is 98.8 cm³/mol. The maximum absolute atomic E-state index is 13.0. The Kier molecular flexibility index (Phi) is 6.07. The van der Waals surface area contributed by atoms with Gasteiger partial charge in [-0.25, -0.2) is 9.18 Å². The van der Waals surface area contributed by atoms with Gasteiger partial charge in [0.1, 0.15) is 18.1 Å². The molecule has 0 aliphatic carbocycles. The van der Waals surface area contributed by atoms with Gasteiger partial charge in [0, 0.05) is 24.2 Å². The number of nitrogens with one attached hydrogen (secondary N) is 2. The topological polar surface area (TPSA) is 46.0 Å². The fraction of sp³-hybridized carbons (Fsp3) is 0.350. The molecule has 1 heterocycles. The van der Waals surface area contributed by atoms with Crippen LogP contribution in [0.2, 0.25) is 0 Å². The van der Waals surface area contributed by atoms with Crippen LogP contribution in [0.25, 0.3) is 0 Å². The minimum atomic E-state index is -0.223. The first kappa shape index (κ1) is 18.2. The minimum Gasteiger partial charge on any atom is -0.494 e. The number of ether oxygens (including phenoxy) is 1. The summed E-state index contributed by atoms with van der Waals surface area (Å²) < 4.78 is 18.4. The molecule has 2 aromatic carbocycles. The lowest BCUT2D eigenvalue weighted by molar-refractivity contribution is -0.927. The highest BCUT2D eigenvalue weighted by Crippen LogP contribution is 2.16. The van der Waals surface area contributed by atoms with Gasteiger partial charge in [-0.2, -0.15) is 0 Å². The first-order chi connectivity index (χ1) is 12.6. The maximum atomic E-state index is 13.0. The van der Waals surface area contributed by atoms with Crippen molar-refractivity contribution in [2.45, 2.75) is 19.9 Å². The van der Waals surface area contributed by atoms with Crippen molar-refractivity contribution in [3.8, 4) is 5.75 Å². The second-order valence-electron chi connectivity index (χ2n) is 6.47. The third-order valence-electron chi connectivity index (χ3n) is 4.44. The minimum absolute atomic E-state index is 0.0922. The highest BCUT2D eigenvalue weighted by molar-refractivity contribution is 5.89. The van der Waals surface area contributed by atoms with E-state index in [0.717, 1.165) is 43.1 Å². The van der Waals surface area contributed by atoms with Crippen LogP contribution in [0.4, 0.5) is 14.9 Å². The Morgan fingerprint density at radius 3 is 2.62 bits per heavy atom. The second kappa shape index (κ2) is 8.67. The summed E-state index contributed by atoms with van der Waals surface area (Å²) in [6.07, 6.45) is 0.952. The van der Waals surface area contributed by atoms with Crippen LogP contribution in [0.15, 0.2) is 48.5 Å². The van der Waals surface area contributed by atoms with Crippen LogP contribution >= 0.6 is 0 Å². The molecule has 0 bridgehead atoms. The lowest BCUT2D eigenvalue weighted by atomic mass is 10.2. The summed E-state index contributed by atoms with van der Waals surface area (Å²) >= 11 is 0. The molecule has 0 aromatic heterocycles. The highest BCUT2D eigenvalue weighted by atomic mass is 19.1. The van der Waals surface area contributed by atoms with Gasteiger partial charge in [-0.05, 0) is 43.3 Å². The number of quaternary nitrogens is 1. The molecule has 0 spiro atoms. The lowest BCUT2D eigenvalue weighted by Gasteiger charge is -2.32. The molecule has 3 rings (SSSR count). The van der Waals surface area contributed by atoms with Crippen molar-refractivity contribution in [2.75, 3.05) is 31.7 Å². The summed E-state index contributed by atoms with van der Waals surface area (Å²) in [7, 11) is 0. The molecule has 0 saturated carbocycles. The van der Waals surface area contributed by atoms with Crippen LogP contribution < -0.4 is 15.0 Å². The van der Waals surface area contributed by atoms with Gasteiger partial charge < -0.3 is 15.0 Å². The number of halogens is 1. The van der Waals surface area contributed by atoms with Crippen molar-refractivity contribution in [2.24, 2.45) is 0 Å². The molecule has 1 aliphatic rings. The number of anilines is 1. The average molecular weight is 358 g/mol. The summed E-state index contributed by atoms with van der Waals surface area (Å²) in [5.41, 5.74) is 1.83. The quantitative estimate of drug-likeness (QED) is 0.863. The third kappa shape index (κ3) is 4.95. The second-order valence-corrected chi connectivity index (χ2v) is 6.47. The monoisotopic (exact) mass is 358 g/mol. The van der Waals surface area contributed by atoms with Crippen LogP contribution in [0, 0.1) is 5.82 Å². The van der Waals surface area contributed by atoms with E-state index < -0.39 is 0 Å². The van der Waals surface area contributed by atoms with Crippen molar-refractivity contribution in [3.05, 3.63) is 59.9 Å². The van der Waals surface area contributed by atoms with Crippen molar-refractivity contribution in [1.82, 2.24) is 4.90 Å². The van der Waals surface area contributed by atoms with E-state index in [-0.39, 0.29) is 11.8 Å². The van der Waals surface area contributed by atoms with Gasteiger partial charge in [-0.3, -0.25) is 4.90 Å². The Labute approximate surface area is 153 Å². The molecule has 6 heteroatoms. The highest BCUT2D eigenvalue weighted by Gasteiger charge is 2.24. The fourth-order valence-electron chi connectivity index (χ4n) is 3.16. The van der Waals surface area contributed by atoms with Crippen LogP contribution in [0.5, 0.6) is 5.75 Å². The molecule has 1 aliphatic heterocycles. The molecule has 5 nitrogen and oxygen atoms in total. The Hall–Kier alpha value is -2.60. The van der Waals surface area contributed by atoms with Gasteiger partial charge in [0.25, 0.3) is 0 Å². The molecule has 1 fully saturated rings. The summed E-state index contributed by atoms with van der Waals surface area (Å²) in [5.74, 6) is 0.567. The summed E-state index contributed by atoms with van der Waals surface area (Å²) in [6.45, 7) is 5.73. The van der Waals surface area contributed by atoms with E-state index in [2.05, 4.69) is 5.32 Å². The molecule has 1 atom stereocenters. The Bertz CT molecular complexity index is 719. The van der Waals surface area contributed by atoms with Gasteiger partial charge in [-0.1, -0.05) is 12.1 Å². The lowest BCUT2D eigenvalue weighted by Crippen LogP contribution is -3.13. The number of hydrogen-bond donors (Lipinski definition) is 2. The first-order valence-corrected chi connectivity index (χ1v) is 9.01. The van der Waals surface area contributed by atoms with E-state index in [9.17, 15) is 9.18 Å². The normalized spacial score (nSPS) is 17.0. The summed E-state index contributed by atoms with van der Waals surface area (Å²) in [5, 5.41) is 2.94. The molecule has 26 heavy (non-hydrogen) atoms. The van der Waals surface area contributed by atoms with Gasteiger partial charge in [0.15, 0.2) is 6.67 Å². The molecular formula is C20H25FN3O2+. The van der Waals surface area contributed by atoms with Crippen molar-refractivity contribution < 1.29 is 18.8 Å². The number of carbonyl (C=O) groups excluding carboxylic acids is 1. The van der Waals surface area contributed by atoms with E-state index in [4.69, 9.17) is 4.74 Å². The van der Waals surface area contributed by atoms with E-state index in [1.807, 2.05) is 36.1 Å². The molecule has 1 saturated heterocycles. The van der Waals surface area contributed by atoms with E-state index in [0.29, 0.717) is 13.3 Å². The van der Waals surface area contributed by atoms with Gasteiger partial charge in [0.05, 0.1) is 13.2 Å². The number of hydrogen-bond acceptors (Lipinski definition) is 2. The van der Waals surface area contributed by atoms with Crippen LogP contribution in [-0.4, -0.2) is 37.3 Å². The van der Waals surface area contributed by atoms with Gasteiger partial charge in [0.2, 0.25) is 0 Å². The van der Waals surface area contributed by atoms with E-state index in [1.165, 1.54) is 17.0 Å². The SMILES string of the molecule is CCOc1ccc(NC(=O)N2CCC[NH+](Cc3ccc(F)cc3)C2)cc1. The summed E-state index contributed by atoms with van der Waals surface area (Å²) in [6, 6.07) is 13.9. The van der Waals surface area contributed by atoms with E-state index in [1.54, 1.807) is 12.1 Å². The smallest absolute Gasteiger partial charge is 0.326 e. The van der Waals surface area contributed by atoms with Crippen molar-refractivity contribution in [1.29, 1.82) is 0 Å². The van der Waals surface area contributed by atoms with Crippen LogP contribution in [-0.2, 0) is 6.54 Å². The number of nitrogens with zero attached hydrogens (tertiary/aromatic N) is 1. The predicted octanol–water partition coefficient (Wildman–Crippen LogP) is 2.50. The zero-order chi connectivity index (χ0) is 18.4. The molecule has 2 amide bonds. The number of urea groups is 1. The van der Waals surface area contributed by atoms with E-state index >= 15 is 0 Å². The Balaban J connectivity index is 1.54. The van der Waals surface area contributed by atoms with Crippen molar-refractivity contribution >= 4 is 11.7 Å². The largest absolute Gasteiger partial charge is 0.494 e. The maximum Gasteiger partial charge on any atom is 0.326 e. The number of amides is 2. The third-order valence-corrected chi connectivity index (χ3v) is 4.44.